The Kier molecular flexibility index (Phi) is 4.41. The molecule has 0 amide bonds. The standard InChI is InChI=1S/C13H13NO3/c1-9-3-5-10(6-4-9)12(15)7-11(8-14)13(16)17-2/h3-6,11H,7H2,1-2H3. The molecule has 0 N–H and O–H groups in total. The van der Waals surface area contributed by atoms with Gasteiger partial charge in [0.2, 0.25) is 0 Å². The van der Waals surface area contributed by atoms with Crippen LogP contribution in [0.3, 0.4) is 0 Å². The lowest BCUT2D eigenvalue weighted by Gasteiger charge is -2.06. The number of rotatable bonds is 4. The minimum absolute atomic E-state index is 0.147. The van der Waals surface area contributed by atoms with Crippen molar-refractivity contribution in [2.24, 2.45) is 5.92 Å². The molecule has 1 aromatic carbocycles. The van der Waals surface area contributed by atoms with Gasteiger partial charge in [-0.15, -0.1) is 0 Å². The first-order valence-corrected chi connectivity index (χ1v) is 5.15. The number of hydrogen-bond acceptors (Lipinski definition) is 4. The summed E-state index contributed by atoms with van der Waals surface area (Å²) < 4.78 is 4.45. The first kappa shape index (κ1) is 12.9. The van der Waals surface area contributed by atoms with Gasteiger partial charge in [-0.1, -0.05) is 29.8 Å². The van der Waals surface area contributed by atoms with Gasteiger partial charge in [0, 0.05) is 12.0 Å². The third-order valence-electron chi connectivity index (χ3n) is 2.40. The maximum Gasteiger partial charge on any atom is 0.323 e. The van der Waals surface area contributed by atoms with E-state index in [4.69, 9.17) is 5.26 Å². The van der Waals surface area contributed by atoms with E-state index in [2.05, 4.69) is 4.74 Å². The van der Waals surface area contributed by atoms with Crippen LogP contribution in [0.2, 0.25) is 0 Å². The number of hydrogen-bond donors (Lipinski definition) is 0. The van der Waals surface area contributed by atoms with Gasteiger partial charge in [0.25, 0.3) is 0 Å². The molecule has 0 saturated heterocycles. The molecule has 1 unspecified atom stereocenters. The Hall–Kier alpha value is -2.15. The van der Waals surface area contributed by atoms with E-state index in [-0.39, 0.29) is 12.2 Å². The molecule has 0 spiro atoms. The molecule has 1 rings (SSSR count). The second-order valence-electron chi connectivity index (χ2n) is 3.70. The van der Waals surface area contributed by atoms with Crippen molar-refractivity contribution in [3.8, 4) is 6.07 Å². The number of methoxy groups -OCH3 is 1. The van der Waals surface area contributed by atoms with Crippen LogP contribution in [0, 0.1) is 24.2 Å². The van der Waals surface area contributed by atoms with Crippen LogP contribution in [-0.2, 0) is 9.53 Å². The Morgan fingerprint density at radius 3 is 2.41 bits per heavy atom. The SMILES string of the molecule is COC(=O)C(C#N)CC(=O)c1ccc(C)cc1. The molecule has 0 aliphatic carbocycles. The van der Waals surface area contributed by atoms with Gasteiger partial charge in [0.15, 0.2) is 11.7 Å². The van der Waals surface area contributed by atoms with Crippen molar-refractivity contribution in [3.05, 3.63) is 35.4 Å². The van der Waals surface area contributed by atoms with Crippen LogP contribution in [0.5, 0.6) is 0 Å². The number of nitriles is 1. The maximum absolute atomic E-state index is 11.8. The van der Waals surface area contributed by atoms with E-state index in [1.54, 1.807) is 18.2 Å². The van der Waals surface area contributed by atoms with Gasteiger partial charge >= 0.3 is 5.97 Å². The zero-order valence-electron chi connectivity index (χ0n) is 9.77. The molecular formula is C13H13NO3. The van der Waals surface area contributed by atoms with Gasteiger partial charge in [0.1, 0.15) is 0 Å². The molecule has 0 radical (unpaired) electrons. The highest BCUT2D eigenvalue weighted by Gasteiger charge is 2.22. The summed E-state index contributed by atoms with van der Waals surface area (Å²) in [6.45, 7) is 1.92. The van der Waals surface area contributed by atoms with Crippen molar-refractivity contribution in [2.75, 3.05) is 7.11 Å². The normalized spacial score (nSPS) is 11.4. The van der Waals surface area contributed by atoms with Crippen LogP contribution in [0.1, 0.15) is 22.3 Å². The number of benzene rings is 1. The Labute approximate surface area is 99.8 Å². The number of esters is 1. The van der Waals surface area contributed by atoms with Gasteiger partial charge in [-0.05, 0) is 6.92 Å². The number of nitrogens with zero attached hydrogens (tertiary/aromatic N) is 1. The molecule has 0 bridgehead atoms. The minimum atomic E-state index is -1.03. The summed E-state index contributed by atoms with van der Waals surface area (Å²) in [4.78, 5) is 23.0. The molecule has 1 atom stereocenters. The minimum Gasteiger partial charge on any atom is -0.468 e. The fraction of sp³-hybridized carbons (Fsp3) is 0.308. The second-order valence-corrected chi connectivity index (χ2v) is 3.70. The summed E-state index contributed by atoms with van der Waals surface area (Å²) in [5.74, 6) is -1.94. The van der Waals surface area contributed by atoms with Crippen LogP contribution < -0.4 is 0 Å². The van der Waals surface area contributed by atoms with Crippen molar-refractivity contribution in [1.82, 2.24) is 0 Å². The number of Topliss-reactive ketones (excluding diaryl/α,β-unsaturated/α-hetero) is 1. The molecule has 0 aliphatic heterocycles. The molecule has 88 valence electrons. The maximum atomic E-state index is 11.8. The van der Waals surface area contributed by atoms with Crippen molar-refractivity contribution in [2.45, 2.75) is 13.3 Å². The van der Waals surface area contributed by atoms with Gasteiger partial charge < -0.3 is 4.74 Å². The first-order valence-electron chi connectivity index (χ1n) is 5.15. The van der Waals surface area contributed by atoms with Crippen molar-refractivity contribution in [1.29, 1.82) is 5.26 Å². The molecule has 1 aromatic rings. The van der Waals surface area contributed by atoms with Gasteiger partial charge in [0.05, 0.1) is 13.2 Å². The highest BCUT2D eigenvalue weighted by Crippen LogP contribution is 2.12. The topological polar surface area (TPSA) is 67.2 Å². The lowest BCUT2D eigenvalue weighted by atomic mass is 9.99. The summed E-state index contributed by atoms with van der Waals surface area (Å²) >= 11 is 0. The van der Waals surface area contributed by atoms with Crippen LogP contribution in [0.15, 0.2) is 24.3 Å². The lowest BCUT2D eigenvalue weighted by molar-refractivity contribution is -0.143. The quantitative estimate of drug-likeness (QED) is 0.586. The number of ketones is 1. The molecule has 4 nitrogen and oxygen atoms in total. The number of carbonyl (C=O) groups excluding carboxylic acids is 2. The van der Waals surface area contributed by atoms with Crippen LogP contribution in [-0.4, -0.2) is 18.9 Å². The monoisotopic (exact) mass is 231 g/mol. The van der Waals surface area contributed by atoms with E-state index < -0.39 is 11.9 Å². The van der Waals surface area contributed by atoms with Crippen molar-refractivity contribution < 1.29 is 14.3 Å². The second kappa shape index (κ2) is 5.80. The molecule has 4 heteroatoms. The van der Waals surface area contributed by atoms with E-state index in [1.165, 1.54) is 7.11 Å². The van der Waals surface area contributed by atoms with Crippen LogP contribution >= 0.6 is 0 Å². The number of carbonyl (C=O) groups is 2. The van der Waals surface area contributed by atoms with Crippen LogP contribution in [0.4, 0.5) is 0 Å². The van der Waals surface area contributed by atoms with E-state index >= 15 is 0 Å². The number of aryl methyl sites for hydroxylation is 1. The van der Waals surface area contributed by atoms with Crippen LogP contribution in [0.25, 0.3) is 0 Å². The average Bonchev–Trinajstić information content (AvgIpc) is 2.35. The molecule has 0 heterocycles. The average molecular weight is 231 g/mol. The molecule has 17 heavy (non-hydrogen) atoms. The molecular weight excluding hydrogens is 218 g/mol. The first-order chi connectivity index (χ1) is 8.08. The van der Waals surface area contributed by atoms with E-state index in [0.717, 1.165) is 5.56 Å². The lowest BCUT2D eigenvalue weighted by Crippen LogP contribution is -2.18. The molecule has 0 saturated carbocycles. The Balaban J connectivity index is 2.75. The fourth-order valence-electron chi connectivity index (χ4n) is 1.37. The zero-order chi connectivity index (χ0) is 12.8. The summed E-state index contributed by atoms with van der Waals surface area (Å²) in [5, 5.41) is 8.76. The van der Waals surface area contributed by atoms with Gasteiger partial charge in [-0.3, -0.25) is 9.59 Å². The van der Waals surface area contributed by atoms with Crippen molar-refractivity contribution in [3.63, 3.8) is 0 Å². The highest BCUT2D eigenvalue weighted by molar-refractivity contribution is 5.98. The molecule has 0 aliphatic rings. The van der Waals surface area contributed by atoms with Gasteiger partial charge in [-0.2, -0.15) is 5.26 Å². The fourth-order valence-corrected chi connectivity index (χ4v) is 1.37. The van der Waals surface area contributed by atoms with E-state index in [1.807, 2.05) is 19.1 Å². The summed E-state index contributed by atoms with van der Waals surface area (Å²) in [5.41, 5.74) is 1.55. The molecule has 0 aromatic heterocycles. The summed E-state index contributed by atoms with van der Waals surface area (Å²) in [6.07, 6.45) is -0.147. The Bertz CT molecular complexity index is 457. The van der Waals surface area contributed by atoms with E-state index in [9.17, 15) is 9.59 Å². The zero-order valence-corrected chi connectivity index (χ0v) is 9.77. The number of ether oxygens (including phenoxy) is 1. The Morgan fingerprint density at radius 1 is 1.35 bits per heavy atom. The van der Waals surface area contributed by atoms with Gasteiger partial charge in [-0.25, -0.2) is 0 Å². The summed E-state index contributed by atoms with van der Waals surface area (Å²) in [6, 6.07) is 8.76. The summed E-state index contributed by atoms with van der Waals surface area (Å²) in [7, 11) is 1.20. The Morgan fingerprint density at radius 2 is 1.94 bits per heavy atom. The van der Waals surface area contributed by atoms with E-state index in [0.29, 0.717) is 5.56 Å². The predicted molar refractivity (Wildman–Crippen MR) is 61.2 cm³/mol. The third kappa shape index (κ3) is 3.42. The predicted octanol–water partition coefficient (Wildman–Crippen LogP) is 1.88. The third-order valence-corrected chi connectivity index (χ3v) is 2.40. The largest absolute Gasteiger partial charge is 0.468 e. The smallest absolute Gasteiger partial charge is 0.323 e. The highest BCUT2D eigenvalue weighted by atomic mass is 16.5. The van der Waals surface area contributed by atoms with Crippen molar-refractivity contribution >= 4 is 11.8 Å². The molecule has 0 fully saturated rings.